The van der Waals surface area contributed by atoms with E-state index < -0.39 is 11.4 Å². The molecule has 0 fully saturated rings. The molecule has 2 unspecified atom stereocenters. The minimum Gasteiger partial charge on any atom is -0.268 e. The van der Waals surface area contributed by atoms with Crippen LogP contribution < -0.4 is 0 Å². The van der Waals surface area contributed by atoms with Crippen molar-refractivity contribution in [2.75, 3.05) is 13.2 Å². The lowest BCUT2D eigenvalue weighted by molar-refractivity contribution is 0.216. The Bertz CT molecular complexity index is 212. The zero-order chi connectivity index (χ0) is 15.2. The molecule has 0 heterocycles. The minimum atomic E-state index is -1.56. The van der Waals surface area contributed by atoms with Crippen molar-refractivity contribution in [2.24, 2.45) is 11.8 Å². The van der Waals surface area contributed by atoms with Gasteiger partial charge in [0, 0.05) is 0 Å². The monoisotopic (exact) mass is 306 g/mol. The van der Waals surface area contributed by atoms with Gasteiger partial charge >= 0.3 is 11.4 Å². The van der Waals surface area contributed by atoms with Crippen LogP contribution in [0.3, 0.4) is 0 Å². The van der Waals surface area contributed by atoms with Crippen LogP contribution in [0.15, 0.2) is 0 Å². The Morgan fingerprint density at radius 3 is 1.45 bits per heavy atom. The van der Waals surface area contributed by atoms with Crippen LogP contribution in [0, 0.1) is 11.8 Å². The molecule has 0 bridgehead atoms. The van der Waals surface area contributed by atoms with Gasteiger partial charge in [-0.2, -0.15) is 4.21 Å². The van der Waals surface area contributed by atoms with E-state index in [2.05, 4.69) is 27.7 Å². The van der Waals surface area contributed by atoms with Gasteiger partial charge in [0.2, 0.25) is 0 Å². The van der Waals surface area contributed by atoms with Gasteiger partial charge in [-0.25, -0.2) is 0 Å². The van der Waals surface area contributed by atoms with Crippen molar-refractivity contribution >= 4 is 11.4 Å². The summed E-state index contributed by atoms with van der Waals surface area (Å²) >= 11 is -1.56. The maximum Gasteiger partial charge on any atom is 0.304 e. The second-order valence-electron chi connectivity index (χ2n) is 5.55. The van der Waals surface area contributed by atoms with Crippen LogP contribution in [0.1, 0.15) is 79.1 Å². The highest BCUT2D eigenvalue weighted by molar-refractivity contribution is 7.75. The van der Waals surface area contributed by atoms with E-state index in [4.69, 9.17) is 8.37 Å². The van der Waals surface area contributed by atoms with Crippen molar-refractivity contribution < 1.29 is 12.6 Å². The summed E-state index contributed by atoms with van der Waals surface area (Å²) in [6.07, 6.45) is 9.15. The first-order valence-corrected chi connectivity index (χ1v) is 9.36. The summed E-state index contributed by atoms with van der Waals surface area (Å²) in [7, 11) is 0. The van der Waals surface area contributed by atoms with E-state index in [0.29, 0.717) is 25.0 Å². The van der Waals surface area contributed by atoms with Gasteiger partial charge in [0.05, 0.1) is 13.2 Å². The van der Waals surface area contributed by atoms with E-state index in [-0.39, 0.29) is 0 Å². The van der Waals surface area contributed by atoms with Gasteiger partial charge in [-0.1, -0.05) is 66.2 Å². The van der Waals surface area contributed by atoms with Gasteiger partial charge in [0.15, 0.2) is 0 Å². The summed E-state index contributed by atoms with van der Waals surface area (Å²) in [5.74, 6) is 1.37. The zero-order valence-electron chi connectivity index (χ0n) is 13.9. The van der Waals surface area contributed by atoms with E-state index in [1.807, 2.05) is 0 Å². The van der Waals surface area contributed by atoms with Crippen molar-refractivity contribution in [3.8, 4) is 0 Å². The van der Waals surface area contributed by atoms with Crippen molar-refractivity contribution in [2.45, 2.75) is 79.1 Å². The molecule has 4 heteroatoms. The summed E-state index contributed by atoms with van der Waals surface area (Å²) in [5, 5.41) is 0. The third-order valence-corrected chi connectivity index (χ3v) is 4.68. The van der Waals surface area contributed by atoms with Gasteiger partial charge in [0.25, 0.3) is 0 Å². The lowest BCUT2D eigenvalue weighted by atomic mass is 9.98. The third kappa shape index (κ3) is 10.8. The SMILES string of the molecule is CCCC(CC)CCOS(=O)OCCC(CC)CCC. The van der Waals surface area contributed by atoms with E-state index in [1.165, 1.54) is 38.5 Å². The molecular formula is C16H34O3S. The molecule has 0 rings (SSSR count). The fraction of sp³-hybridized carbons (Fsp3) is 1.00. The highest BCUT2D eigenvalue weighted by Crippen LogP contribution is 2.16. The highest BCUT2D eigenvalue weighted by Gasteiger charge is 2.09. The van der Waals surface area contributed by atoms with Gasteiger partial charge < -0.3 is 0 Å². The Kier molecular flexibility index (Phi) is 14.1. The van der Waals surface area contributed by atoms with E-state index in [1.54, 1.807) is 0 Å². The molecule has 0 saturated carbocycles. The average Bonchev–Trinajstić information content (AvgIpc) is 2.45. The molecule has 3 nitrogen and oxygen atoms in total. The predicted molar refractivity (Wildman–Crippen MR) is 86.7 cm³/mol. The molecule has 2 atom stereocenters. The van der Waals surface area contributed by atoms with Crippen molar-refractivity contribution in [1.29, 1.82) is 0 Å². The largest absolute Gasteiger partial charge is 0.304 e. The smallest absolute Gasteiger partial charge is 0.268 e. The Labute approximate surface area is 128 Å². The Balaban J connectivity index is 3.63. The zero-order valence-corrected chi connectivity index (χ0v) is 14.7. The summed E-state index contributed by atoms with van der Waals surface area (Å²) in [6.45, 7) is 9.88. The average molecular weight is 307 g/mol. The van der Waals surface area contributed by atoms with E-state index >= 15 is 0 Å². The fourth-order valence-corrected chi connectivity index (χ4v) is 3.05. The quantitative estimate of drug-likeness (QED) is 0.451. The first-order chi connectivity index (χ1) is 9.67. The first-order valence-electron chi connectivity index (χ1n) is 8.36. The summed E-state index contributed by atoms with van der Waals surface area (Å²) in [5.41, 5.74) is 0. The molecule has 0 aliphatic carbocycles. The summed E-state index contributed by atoms with van der Waals surface area (Å²) < 4.78 is 22.1. The molecule has 0 N–H and O–H groups in total. The van der Waals surface area contributed by atoms with Crippen molar-refractivity contribution in [3.63, 3.8) is 0 Å². The molecule has 0 radical (unpaired) electrons. The molecule has 0 aromatic carbocycles. The normalized spacial score (nSPS) is 16.0. The van der Waals surface area contributed by atoms with E-state index in [9.17, 15) is 4.21 Å². The Morgan fingerprint density at radius 1 is 0.750 bits per heavy atom. The minimum absolute atomic E-state index is 0.539. The van der Waals surface area contributed by atoms with Gasteiger partial charge in [-0.3, -0.25) is 8.37 Å². The molecule has 122 valence electrons. The summed E-state index contributed by atoms with van der Waals surface area (Å²) in [6, 6.07) is 0. The fourth-order valence-electron chi connectivity index (χ4n) is 2.52. The van der Waals surface area contributed by atoms with E-state index in [0.717, 1.165) is 12.8 Å². The van der Waals surface area contributed by atoms with Crippen LogP contribution in [0.25, 0.3) is 0 Å². The standard InChI is InChI=1S/C16H34O3S/c1-5-9-15(7-3)11-13-18-20(17)19-14-12-16(8-4)10-6-2/h15-16H,5-14H2,1-4H3. The summed E-state index contributed by atoms with van der Waals surface area (Å²) in [4.78, 5) is 0. The maximum atomic E-state index is 11.6. The van der Waals surface area contributed by atoms with Crippen LogP contribution in [-0.4, -0.2) is 17.4 Å². The molecule has 20 heavy (non-hydrogen) atoms. The lowest BCUT2D eigenvalue weighted by Crippen LogP contribution is -2.10. The third-order valence-electron chi connectivity index (χ3n) is 3.96. The maximum absolute atomic E-state index is 11.6. The Hall–Kier alpha value is 0.0700. The second-order valence-corrected chi connectivity index (χ2v) is 6.43. The van der Waals surface area contributed by atoms with Crippen LogP contribution in [-0.2, 0) is 19.7 Å². The topological polar surface area (TPSA) is 35.5 Å². The number of rotatable bonds is 14. The van der Waals surface area contributed by atoms with Crippen LogP contribution >= 0.6 is 0 Å². The molecule has 0 aliphatic heterocycles. The predicted octanol–water partition coefficient (Wildman–Crippen LogP) is 5.03. The van der Waals surface area contributed by atoms with Crippen LogP contribution in [0.5, 0.6) is 0 Å². The lowest BCUT2D eigenvalue weighted by Gasteiger charge is -2.14. The van der Waals surface area contributed by atoms with Crippen molar-refractivity contribution in [1.82, 2.24) is 0 Å². The van der Waals surface area contributed by atoms with Crippen LogP contribution in [0.2, 0.25) is 0 Å². The Morgan fingerprint density at radius 2 is 1.15 bits per heavy atom. The van der Waals surface area contributed by atoms with Crippen molar-refractivity contribution in [3.05, 3.63) is 0 Å². The van der Waals surface area contributed by atoms with Crippen LogP contribution in [0.4, 0.5) is 0 Å². The first kappa shape index (κ1) is 20.1. The molecule has 0 spiro atoms. The highest BCUT2D eigenvalue weighted by atomic mass is 32.2. The van der Waals surface area contributed by atoms with Gasteiger partial charge in [0.1, 0.15) is 0 Å². The van der Waals surface area contributed by atoms with Gasteiger partial charge in [-0.15, -0.1) is 0 Å². The number of hydrogen-bond donors (Lipinski definition) is 0. The second kappa shape index (κ2) is 14.0. The molecule has 0 aromatic heterocycles. The number of hydrogen-bond acceptors (Lipinski definition) is 3. The molecule has 0 amide bonds. The molecular weight excluding hydrogens is 272 g/mol. The molecule has 0 saturated heterocycles. The molecule has 0 aliphatic rings. The van der Waals surface area contributed by atoms with Gasteiger partial charge in [-0.05, 0) is 24.7 Å². The molecule has 0 aromatic rings.